The van der Waals surface area contributed by atoms with Crippen LogP contribution in [0.4, 0.5) is 0 Å². The van der Waals surface area contributed by atoms with Crippen molar-refractivity contribution in [3.05, 3.63) is 47.8 Å². The van der Waals surface area contributed by atoms with E-state index in [2.05, 4.69) is 39.4 Å². The summed E-state index contributed by atoms with van der Waals surface area (Å²) < 4.78 is 0. The summed E-state index contributed by atoms with van der Waals surface area (Å²) in [6.07, 6.45) is 5.10. The van der Waals surface area contributed by atoms with Gasteiger partial charge in [-0.1, -0.05) is 19.1 Å². The van der Waals surface area contributed by atoms with Crippen molar-refractivity contribution in [3.63, 3.8) is 0 Å². The van der Waals surface area contributed by atoms with Gasteiger partial charge in [-0.05, 0) is 60.7 Å². The standard InChI is InChI=1S/C19H21N5/c1-3-19(2,12-21)15-9-13(4-6-20)8-14(10-15)16-5-7-22-18-17(16)11-23-24-18/h5,7-11H,3-4,6,20H2,1-2H3,(H,22,23,24). The Bertz CT molecular complexity index is 906. The van der Waals surface area contributed by atoms with Crippen molar-refractivity contribution in [2.45, 2.75) is 32.1 Å². The molecule has 0 aliphatic heterocycles. The molecule has 3 aromatic rings. The molecule has 1 unspecified atom stereocenters. The molecule has 0 amide bonds. The zero-order valence-corrected chi connectivity index (χ0v) is 14.0. The molecule has 0 fully saturated rings. The van der Waals surface area contributed by atoms with Crippen LogP contribution >= 0.6 is 0 Å². The number of nitrogens with zero attached hydrogens (tertiary/aromatic N) is 3. The van der Waals surface area contributed by atoms with Crippen molar-refractivity contribution in [3.8, 4) is 17.2 Å². The van der Waals surface area contributed by atoms with Crippen LogP contribution in [0.3, 0.4) is 0 Å². The second-order valence-electron chi connectivity index (χ2n) is 6.25. The summed E-state index contributed by atoms with van der Waals surface area (Å²) >= 11 is 0. The molecule has 3 rings (SSSR count). The van der Waals surface area contributed by atoms with E-state index in [0.717, 1.165) is 46.1 Å². The summed E-state index contributed by atoms with van der Waals surface area (Å²) in [5.74, 6) is 0. The highest BCUT2D eigenvalue weighted by Crippen LogP contribution is 2.34. The van der Waals surface area contributed by atoms with Gasteiger partial charge in [-0.15, -0.1) is 0 Å². The highest BCUT2D eigenvalue weighted by Gasteiger charge is 2.25. The van der Waals surface area contributed by atoms with Crippen LogP contribution < -0.4 is 5.73 Å². The smallest absolute Gasteiger partial charge is 0.155 e. The molecule has 2 heterocycles. The first-order valence-corrected chi connectivity index (χ1v) is 8.15. The third-order valence-corrected chi connectivity index (χ3v) is 4.68. The maximum absolute atomic E-state index is 9.66. The minimum absolute atomic E-state index is 0.512. The van der Waals surface area contributed by atoms with E-state index in [9.17, 15) is 5.26 Å². The van der Waals surface area contributed by atoms with Crippen LogP contribution in [-0.4, -0.2) is 21.7 Å². The largest absolute Gasteiger partial charge is 0.330 e. The SMILES string of the molecule is CCC(C)(C#N)c1cc(CCN)cc(-c2ccnc3[nH]ncc23)c1. The third-order valence-electron chi connectivity index (χ3n) is 4.68. The number of fused-ring (bicyclic) bond motifs is 1. The van der Waals surface area contributed by atoms with E-state index in [1.54, 1.807) is 12.4 Å². The number of nitriles is 1. The summed E-state index contributed by atoms with van der Waals surface area (Å²) in [6, 6.07) is 10.8. The molecule has 0 bridgehead atoms. The quantitative estimate of drug-likeness (QED) is 0.754. The van der Waals surface area contributed by atoms with Gasteiger partial charge in [0.25, 0.3) is 0 Å². The molecule has 1 aromatic carbocycles. The van der Waals surface area contributed by atoms with Crippen molar-refractivity contribution < 1.29 is 0 Å². The first kappa shape index (κ1) is 16.2. The van der Waals surface area contributed by atoms with Crippen LogP contribution in [0.1, 0.15) is 31.4 Å². The Kier molecular flexibility index (Phi) is 4.32. The second kappa shape index (κ2) is 6.42. The van der Waals surface area contributed by atoms with Gasteiger partial charge in [0.15, 0.2) is 5.65 Å². The van der Waals surface area contributed by atoms with Gasteiger partial charge in [-0.3, -0.25) is 5.10 Å². The number of hydrogen-bond donors (Lipinski definition) is 2. The number of nitrogens with two attached hydrogens (primary N) is 1. The molecule has 0 saturated carbocycles. The average Bonchev–Trinajstić information content (AvgIpc) is 3.09. The number of H-pyrrole nitrogens is 1. The predicted octanol–water partition coefficient (Wildman–Crippen LogP) is 3.32. The van der Waals surface area contributed by atoms with Gasteiger partial charge >= 0.3 is 0 Å². The number of nitrogens with one attached hydrogen (secondary N) is 1. The van der Waals surface area contributed by atoms with Crippen molar-refractivity contribution in [1.29, 1.82) is 5.26 Å². The molecule has 0 spiro atoms. The molecular weight excluding hydrogens is 298 g/mol. The van der Waals surface area contributed by atoms with Gasteiger partial charge in [0.05, 0.1) is 17.7 Å². The lowest BCUT2D eigenvalue weighted by atomic mass is 9.79. The molecule has 1 atom stereocenters. The van der Waals surface area contributed by atoms with Crippen LogP contribution in [0, 0.1) is 11.3 Å². The van der Waals surface area contributed by atoms with Crippen LogP contribution in [0.2, 0.25) is 0 Å². The number of hydrogen-bond acceptors (Lipinski definition) is 4. The second-order valence-corrected chi connectivity index (χ2v) is 6.25. The van der Waals surface area contributed by atoms with E-state index in [0.29, 0.717) is 6.54 Å². The molecule has 5 nitrogen and oxygen atoms in total. The molecule has 122 valence electrons. The predicted molar refractivity (Wildman–Crippen MR) is 95.3 cm³/mol. The Morgan fingerprint density at radius 1 is 1.33 bits per heavy atom. The molecular formula is C19H21N5. The summed E-state index contributed by atoms with van der Waals surface area (Å²) in [4.78, 5) is 4.30. The zero-order valence-electron chi connectivity index (χ0n) is 14.0. The van der Waals surface area contributed by atoms with E-state index >= 15 is 0 Å². The monoisotopic (exact) mass is 319 g/mol. The van der Waals surface area contributed by atoms with Crippen molar-refractivity contribution >= 4 is 11.0 Å². The summed E-state index contributed by atoms with van der Waals surface area (Å²) in [5, 5.41) is 17.6. The lowest BCUT2D eigenvalue weighted by Crippen LogP contribution is -2.18. The molecule has 0 saturated heterocycles. The Balaban J connectivity index is 2.23. The Hall–Kier alpha value is -2.71. The van der Waals surface area contributed by atoms with Gasteiger partial charge in [-0.25, -0.2) is 4.98 Å². The number of aromatic nitrogens is 3. The molecule has 0 aliphatic rings. The molecule has 3 N–H and O–H groups in total. The van der Waals surface area contributed by atoms with E-state index in [1.807, 2.05) is 19.9 Å². The molecule has 0 radical (unpaired) electrons. The average molecular weight is 319 g/mol. The van der Waals surface area contributed by atoms with Crippen LogP contribution in [-0.2, 0) is 11.8 Å². The van der Waals surface area contributed by atoms with Crippen molar-refractivity contribution in [2.75, 3.05) is 6.54 Å². The Labute approximate surface area is 141 Å². The van der Waals surface area contributed by atoms with E-state index < -0.39 is 5.41 Å². The van der Waals surface area contributed by atoms with Gasteiger partial charge in [0.2, 0.25) is 0 Å². The van der Waals surface area contributed by atoms with Crippen LogP contribution in [0.25, 0.3) is 22.2 Å². The number of pyridine rings is 1. The fourth-order valence-electron chi connectivity index (χ4n) is 2.93. The zero-order chi connectivity index (χ0) is 17.2. The fraction of sp³-hybridized carbons (Fsp3) is 0.316. The molecule has 2 aromatic heterocycles. The van der Waals surface area contributed by atoms with Gasteiger partial charge in [0.1, 0.15) is 0 Å². The highest BCUT2D eigenvalue weighted by molar-refractivity contribution is 5.92. The summed E-state index contributed by atoms with van der Waals surface area (Å²) in [6.45, 7) is 4.60. The van der Waals surface area contributed by atoms with Gasteiger partial charge in [-0.2, -0.15) is 10.4 Å². The van der Waals surface area contributed by atoms with Crippen LogP contribution in [0.5, 0.6) is 0 Å². The Morgan fingerprint density at radius 3 is 2.88 bits per heavy atom. The number of rotatable bonds is 5. The van der Waals surface area contributed by atoms with Crippen LogP contribution in [0.15, 0.2) is 36.7 Å². The maximum Gasteiger partial charge on any atom is 0.155 e. The summed E-state index contributed by atoms with van der Waals surface area (Å²) in [5.41, 5.74) is 10.3. The van der Waals surface area contributed by atoms with Gasteiger partial charge in [0, 0.05) is 11.6 Å². The van der Waals surface area contributed by atoms with E-state index in [1.165, 1.54) is 0 Å². The highest BCUT2D eigenvalue weighted by atomic mass is 15.1. The van der Waals surface area contributed by atoms with E-state index in [4.69, 9.17) is 5.73 Å². The summed E-state index contributed by atoms with van der Waals surface area (Å²) in [7, 11) is 0. The molecule has 0 aliphatic carbocycles. The Morgan fingerprint density at radius 2 is 2.17 bits per heavy atom. The van der Waals surface area contributed by atoms with Crippen molar-refractivity contribution in [2.24, 2.45) is 5.73 Å². The topological polar surface area (TPSA) is 91.4 Å². The third kappa shape index (κ3) is 2.77. The van der Waals surface area contributed by atoms with Crippen molar-refractivity contribution in [1.82, 2.24) is 15.2 Å². The molecule has 5 heteroatoms. The minimum atomic E-state index is -0.512. The van der Waals surface area contributed by atoms with Gasteiger partial charge < -0.3 is 5.73 Å². The minimum Gasteiger partial charge on any atom is -0.330 e. The molecule has 24 heavy (non-hydrogen) atoms. The first-order valence-electron chi connectivity index (χ1n) is 8.15. The lowest BCUT2D eigenvalue weighted by Gasteiger charge is -2.22. The maximum atomic E-state index is 9.66. The number of benzene rings is 1. The fourth-order valence-corrected chi connectivity index (χ4v) is 2.93. The number of aromatic amines is 1. The first-order chi connectivity index (χ1) is 11.6. The lowest BCUT2D eigenvalue weighted by molar-refractivity contribution is 0.586. The normalized spacial score (nSPS) is 13.6. The van der Waals surface area contributed by atoms with E-state index in [-0.39, 0.29) is 0 Å².